The molecular formula is C21H26O5. The van der Waals surface area contributed by atoms with Crippen molar-refractivity contribution in [1.82, 2.24) is 0 Å². The van der Waals surface area contributed by atoms with Gasteiger partial charge in [-0.2, -0.15) is 0 Å². The van der Waals surface area contributed by atoms with Gasteiger partial charge in [0.2, 0.25) is 0 Å². The van der Waals surface area contributed by atoms with Crippen molar-refractivity contribution >= 4 is 17.7 Å². The Morgan fingerprint density at radius 3 is 2.19 bits per heavy atom. The van der Waals surface area contributed by atoms with E-state index in [-0.39, 0.29) is 30.1 Å². The predicted molar refractivity (Wildman–Crippen MR) is 97.8 cm³/mol. The largest absolute Gasteiger partial charge is 0.481 e. The van der Waals surface area contributed by atoms with E-state index in [0.717, 1.165) is 24.8 Å². The highest BCUT2D eigenvalue weighted by Gasteiger charge is 2.51. The summed E-state index contributed by atoms with van der Waals surface area (Å²) < 4.78 is 0. The Labute approximate surface area is 153 Å². The van der Waals surface area contributed by atoms with Gasteiger partial charge in [-0.15, -0.1) is 0 Å². The summed E-state index contributed by atoms with van der Waals surface area (Å²) in [5, 5.41) is 19.4. The van der Waals surface area contributed by atoms with Crippen LogP contribution in [0, 0.1) is 11.3 Å². The lowest BCUT2D eigenvalue weighted by molar-refractivity contribution is -0.156. The standard InChI is InChI=1S/C21H26O5/c1-15(19(23)24)21(20(25)26,17-10-6-3-7-11-17)14-18(22)13-12-16-8-4-2-5-9-16/h2,4-5,8-9,17H,1,3,6-7,10-14H2,(H,23,24)(H,25,26). The van der Waals surface area contributed by atoms with E-state index in [1.807, 2.05) is 30.3 Å². The lowest BCUT2D eigenvalue weighted by Gasteiger charge is -2.39. The first-order valence-electron chi connectivity index (χ1n) is 9.09. The zero-order chi connectivity index (χ0) is 19.2. The lowest BCUT2D eigenvalue weighted by Crippen LogP contribution is -2.45. The minimum Gasteiger partial charge on any atom is -0.481 e. The van der Waals surface area contributed by atoms with Gasteiger partial charge in [-0.1, -0.05) is 56.2 Å². The van der Waals surface area contributed by atoms with Gasteiger partial charge in [0.15, 0.2) is 0 Å². The molecule has 5 nitrogen and oxygen atoms in total. The third-order valence-electron chi connectivity index (χ3n) is 5.49. The van der Waals surface area contributed by atoms with Crippen LogP contribution in [-0.4, -0.2) is 27.9 Å². The van der Waals surface area contributed by atoms with Crippen LogP contribution in [0.1, 0.15) is 50.5 Å². The van der Waals surface area contributed by atoms with E-state index in [4.69, 9.17) is 0 Å². The Balaban J connectivity index is 2.21. The number of carbonyl (C=O) groups excluding carboxylic acids is 1. The highest BCUT2D eigenvalue weighted by molar-refractivity contribution is 5.99. The Morgan fingerprint density at radius 1 is 1.04 bits per heavy atom. The van der Waals surface area contributed by atoms with Crippen LogP contribution in [0.25, 0.3) is 0 Å². The number of carboxylic acid groups (broad SMARTS) is 2. The summed E-state index contributed by atoms with van der Waals surface area (Å²) in [4.78, 5) is 36.4. The molecular weight excluding hydrogens is 332 g/mol. The molecule has 0 bridgehead atoms. The van der Waals surface area contributed by atoms with Crippen molar-refractivity contribution in [2.45, 2.75) is 51.4 Å². The van der Waals surface area contributed by atoms with Crippen molar-refractivity contribution in [3.63, 3.8) is 0 Å². The molecule has 0 aromatic heterocycles. The van der Waals surface area contributed by atoms with Crippen LogP contribution in [-0.2, 0) is 20.8 Å². The molecule has 0 aliphatic heterocycles. The minimum absolute atomic E-state index is 0.193. The first-order valence-corrected chi connectivity index (χ1v) is 9.09. The second kappa shape index (κ2) is 8.79. The molecule has 0 saturated heterocycles. The van der Waals surface area contributed by atoms with Crippen molar-refractivity contribution in [2.24, 2.45) is 11.3 Å². The number of ketones is 1. The van der Waals surface area contributed by atoms with E-state index in [1.54, 1.807) is 0 Å². The summed E-state index contributed by atoms with van der Waals surface area (Å²) in [7, 11) is 0. The molecule has 140 valence electrons. The van der Waals surface area contributed by atoms with Gasteiger partial charge in [0.25, 0.3) is 0 Å². The summed E-state index contributed by atoms with van der Waals surface area (Å²) in [5.74, 6) is -3.18. The molecule has 5 heteroatoms. The lowest BCUT2D eigenvalue weighted by atomic mass is 9.62. The fraction of sp³-hybridized carbons (Fsp3) is 0.476. The molecule has 0 heterocycles. The number of hydrogen-bond acceptors (Lipinski definition) is 3. The van der Waals surface area contributed by atoms with Crippen molar-refractivity contribution in [2.75, 3.05) is 0 Å². The number of aryl methyl sites for hydroxylation is 1. The monoisotopic (exact) mass is 358 g/mol. The van der Waals surface area contributed by atoms with Crippen LogP contribution in [0.4, 0.5) is 0 Å². The fourth-order valence-electron chi connectivity index (χ4n) is 3.99. The van der Waals surface area contributed by atoms with Gasteiger partial charge in [-0.05, 0) is 30.7 Å². The van der Waals surface area contributed by atoms with Gasteiger partial charge in [0.05, 0.1) is 0 Å². The molecule has 1 aliphatic rings. The second-order valence-corrected chi connectivity index (χ2v) is 7.10. The van der Waals surface area contributed by atoms with E-state index in [1.165, 1.54) is 0 Å². The number of aliphatic carboxylic acids is 2. The van der Waals surface area contributed by atoms with Gasteiger partial charge in [0, 0.05) is 18.4 Å². The van der Waals surface area contributed by atoms with Crippen molar-refractivity contribution in [3.05, 3.63) is 48.0 Å². The molecule has 26 heavy (non-hydrogen) atoms. The SMILES string of the molecule is C=C(C(=O)O)C(CC(=O)CCc1ccccc1)(C(=O)O)C1CCCCC1. The summed E-state index contributed by atoms with van der Waals surface area (Å²) in [6, 6.07) is 9.48. The summed E-state index contributed by atoms with van der Waals surface area (Å²) in [5.41, 5.74) is -1.08. The van der Waals surface area contributed by atoms with Crippen LogP contribution in [0.3, 0.4) is 0 Å². The van der Waals surface area contributed by atoms with Crippen molar-refractivity contribution in [1.29, 1.82) is 0 Å². The highest BCUT2D eigenvalue weighted by Crippen LogP contribution is 2.46. The molecule has 1 aromatic carbocycles. The predicted octanol–water partition coefficient (Wildman–Crippen LogP) is 3.87. The van der Waals surface area contributed by atoms with Crippen LogP contribution in [0.15, 0.2) is 42.5 Å². The first kappa shape index (κ1) is 19.9. The number of carbonyl (C=O) groups is 3. The normalized spacial score (nSPS) is 17.2. The Hall–Kier alpha value is -2.43. The number of carboxylic acids is 2. The summed E-state index contributed by atoms with van der Waals surface area (Å²) in [6.07, 6.45) is 4.35. The summed E-state index contributed by atoms with van der Waals surface area (Å²) in [6.45, 7) is 3.56. The van der Waals surface area contributed by atoms with E-state index in [0.29, 0.717) is 19.3 Å². The third-order valence-corrected chi connectivity index (χ3v) is 5.49. The van der Waals surface area contributed by atoms with Crippen molar-refractivity contribution in [3.8, 4) is 0 Å². The Morgan fingerprint density at radius 2 is 1.65 bits per heavy atom. The average molecular weight is 358 g/mol. The zero-order valence-corrected chi connectivity index (χ0v) is 14.9. The Kier molecular flexibility index (Phi) is 6.72. The molecule has 2 N–H and O–H groups in total. The smallest absolute Gasteiger partial charge is 0.332 e. The van der Waals surface area contributed by atoms with Gasteiger partial charge in [-0.25, -0.2) is 4.79 Å². The number of benzene rings is 1. The molecule has 1 fully saturated rings. The highest BCUT2D eigenvalue weighted by atomic mass is 16.4. The zero-order valence-electron chi connectivity index (χ0n) is 14.9. The van der Waals surface area contributed by atoms with Crippen LogP contribution < -0.4 is 0 Å². The van der Waals surface area contributed by atoms with E-state index < -0.39 is 17.4 Å². The Bertz CT molecular complexity index is 673. The minimum atomic E-state index is -1.71. The fourth-order valence-corrected chi connectivity index (χ4v) is 3.99. The molecule has 1 aliphatic carbocycles. The molecule has 1 atom stereocenters. The van der Waals surface area contributed by atoms with Crippen LogP contribution in [0.5, 0.6) is 0 Å². The molecule has 0 spiro atoms. The maximum atomic E-state index is 12.6. The number of hydrogen-bond donors (Lipinski definition) is 2. The topological polar surface area (TPSA) is 91.7 Å². The molecule has 1 unspecified atom stereocenters. The number of Topliss-reactive ketones (excluding diaryl/α,β-unsaturated/α-hetero) is 1. The quantitative estimate of drug-likeness (QED) is 0.654. The van der Waals surface area contributed by atoms with E-state index in [9.17, 15) is 24.6 Å². The summed E-state index contributed by atoms with van der Waals surface area (Å²) >= 11 is 0. The second-order valence-electron chi connectivity index (χ2n) is 7.10. The van der Waals surface area contributed by atoms with Crippen LogP contribution >= 0.6 is 0 Å². The number of rotatable bonds is 9. The molecule has 2 rings (SSSR count). The molecule has 0 radical (unpaired) electrons. The third kappa shape index (κ3) is 4.40. The van der Waals surface area contributed by atoms with E-state index >= 15 is 0 Å². The van der Waals surface area contributed by atoms with Crippen molar-refractivity contribution < 1.29 is 24.6 Å². The maximum absolute atomic E-state index is 12.6. The molecule has 1 saturated carbocycles. The van der Waals surface area contributed by atoms with E-state index in [2.05, 4.69) is 6.58 Å². The van der Waals surface area contributed by atoms with Gasteiger partial charge >= 0.3 is 11.9 Å². The van der Waals surface area contributed by atoms with Gasteiger partial charge < -0.3 is 10.2 Å². The van der Waals surface area contributed by atoms with Gasteiger partial charge in [-0.3, -0.25) is 9.59 Å². The molecule has 1 aromatic rings. The first-order chi connectivity index (χ1) is 12.4. The molecule has 0 amide bonds. The average Bonchev–Trinajstić information content (AvgIpc) is 2.65. The van der Waals surface area contributed by atoms with Crippen LogP contribution in [0.2, 0.25) is 0 Å². The maximum Gasteiger partial charge on any atom is 0.332 e. The van der Waals surface area contributed by atoms with Gasteiger partial charge in [0.1, 0.15) is 11.2 Å².